The first-order valence-corrected chi connectivity index (χ1v) is 5.78. The van der Waals surface area contributed by atoms with Crippen molar-refractivity contribution in [3.05, 3.63) is 12.7 Å². The van der Waals surface area contributed by atoms with Crippen LogP contribution in [0.4, 0.5) is 0 Å². The standard InChI is InChI=1S/C8H17NO2S/c1-4-7-9(8-5-2)12(10,11)6-3/h4H,1,5-8H2,2-3H3. The summed E-state index contributed by atoms with van der Waals surface area (Å²) in [5.74, 6) is 0.167. The molecule has 0 N–H and O–H groups in total. The number of rotatable bonds is 6. The van der Waals surface area contributed by atoms with Crippen LogP contribution in [0.3, 0.4) is 0 Å². The molecule has 0 atom stereocenters. The van der Waals surface area contributed by atoms with E-state index in [2.05, 4.69) is 6.58 Å². The highest BCUT2D eigenvalue weighted by atomic mass is 32.2. The molecular formula is C8H17NO2S. The van der Waals surface area contributed by atoms with Crippen molar-refractivity contribution in [2.75, 3.05) is 18.8 Å². The summed E-state index contributed by atoms with van der Waals surface area (Å²) in [5, 5.41) is 0. The number of hydrogen-bond donors (Lipinski definition) is 0. The lowest BCUT2D eigenvalue weighted by atomic mass is 10.5. The van der Waals surface area contributed by atoms with E-state index in [0.717, 1.165) is 6.42 Å². The van der Waals surface area contributed by atoms with Crippen LogP contribution in [0.15, 0.2) is 12.7 Å². The molecule has 0 saturated heterocycles. The third-order valence-corrected chi connectivity index (χ3v) is 3.41. The van der Waals surface area contributed by atoms with Crippen LogP contribution in [0.1, 0.15) is 20.3 Å². The largest absolute Gasteiger partial charge is 0.214 e. The summed E-state index contributed by atoms with van der Waals surface area (Å²) in [7, 11) is -3.02. The van der Waals surface area contributed by atoms with Crippen molar-refractivity contribution in [2.24, 2.45) is 0 Å². The Labute approximate surface area is 75.1 Å². The molecule has 0 aliphatic rings. The van der Waals surface area contributed by atoms with Gasteiger partial charge in [-0.1, -0.05) is 13.0 Å². The first-order chi connectivity index (χ1) is 5.58. The summed E-state index contributed by atoms with van der Waals surface area (Å²) in [6.45, 7) is 8.14. The lowest BCUT2D eigenvalue weighted by Gasteiger charge is -2.18. The summed E-state index contributed by atoms with van der Waals surface area (Å²) in [5.41, 5.74) is 0. The molecule has 4 heteroatoms. The van der Waals surface area contributed by atoms with E-state index in [0.29, 0.717) is 13.1 Å². The predicted molar refractivity (Wildman–Crippen MR) is 51.5 cm³/mol. The fourth-order valence-corrected chi connectivity index (χ4v) is 2.08. The molecule has 0 spiro atoms. The van der Waals surface area contributed by atoms with Crippen molar-refractivity contribution >= 4 is 10.0 Å². The fourth-order valence-electron chi connectivity index (χ4n) is 0.920. The van der Waals surface area contributed by atoms with Gasteiger partial charge in [0.05, 0.1) is 5.75 Å². The van der Waals surface area contributed by atoms with Gasteiger partial charge in [-0.05, 0) is 13.3 Å². The van der Waals surface area contributed by atoms with E-state index in [1.807, 2.05) is 6.92 Å². The number of hydrogen-bond acceptors (Lipinski definition) is 2. The fraction of sp³-hybridized carbons (Fsp3) is 0.750. The lowest BCUT2D eigenvalue weighted by Crippen LogP contribution is -2.33. The Bertz CT molecular complexity index is 221. The van der Waals surface area contributed by atoms with Crippen LogP contribution < -0.4 is 0 Å². The first-order valence-electron chi connectivity index (χ1n) is 4.17. The quantitative estimate of drug-likeness (QED) is 0.592. The highest BCUT2D eigenvalue weighted by Crippen LogP contribution is 2.02. The highest BCUT2D eigenvalue weighted by molar-refractivity contribution is 7.89. The average molecular weight is 191 g/mol. The Morgan fingerprint density at radius 3 is 2.33 bits per heavy atom. The van der Waals surface area contributed by atoms with Gasteiger partial charge in [0.2, 0.25) is 10.0 Å². The molecule has 0 aliphatic carbocycles. The minimum Gasteiger partial charge on any atom is -0.212 e. The summed E-state index contributed by atoms with van der Waals surface area (Å²) >= 11 is 0. The molecule has 0 bridgehead atoms. The zero-order chi connectivity index (χ0) is 9.61. The topological polar surface area (TPSA) is 37.4 Å². The molecular weight excluding hydrogens is 174 g/mol. The number of nitrogens with zero attached hydrogens (tertiary/aromatic N) is 1. The molecule has 72 valence electrons. The third-order valence-electron chi connectivity index (χ3n) is 1.56. The van der Waals surface area contributed by atoms with Crippen molar-refractivity contribution in [1.29, 1.82) is 0 Å². The van der Waals surface area contributed by atoms with Crippen LogP contribution in [0.2, 0.25) is 0 Å². The zero-order valence-electron chi connectivity index (χ0n) is 7.78. The Morgan fingerprint density at radius 1 is 1.42 bits per heavy atom. The Balaban J connectivity index is 4.38. The van der Waals surface area contributed by atoms with E-state index in [1.54, 1.807) is 13.0 Å². The van der Waals surface area contributed by atoms with Crippen LogP contribution in [0, 0.1) is 0 Å². The van der Waals surface area contributed by atoms with Crippen molar-refractivity contribution in [3.8, 4) is 0 Å². The van der Waals surface area contributed by atoms with Gasteiger partial charge in [-0.15, -0.1) is 6.58 Å². The van der Waals surface area contributed by atoms with Gasteiger partial charge in [-0.3, -0.25) is 0 Å². The predicted octanol–water partition coefficient (Wildman–Crippen LogP) is 1.23. The Kier molecular flexibility index (Phi) is 5.17. The van der Waals surface area contributed by atoms with Gasteiger partial charge in [0.25, 0.3) is 0 Å². The van der Waals surface area contributed by atoms with Crippen LogP contribution in [-0.2, 0) is 10.0 Å². The zero-order valence-corrected chi connectivity index (χ0v) is 8.60. The summed E-state index contributed by atoms with van der Waals surface area (Å²) in [6, 6.07) is 0. The Hall–Kier alpha value is -0.350. The maximum atomic E-state index is 11.4. The van der Waals surface area contributed by atoms with E-state index in [-0.39, 0.29) is 5.75 Å². The van der Waals surface area contributed by atoms with Gasteiger partial charge < -0.3 is 0 Å². The van der Waals surface area contributed by atoms with Gasteiger partial charge in [-0.2, -0.15) is 4.31 Å². The molecule has 12 heavy (non-hydrogen) atoms. The minimum absolute atomic E-state index is 0.167. The minimum atomic E-state index is -3.02. The second kappa shape index (κ2) is 5.32. The normalized spacial score (nSPS) is 11.9. The molecule has 0 aromatic carbocycles. The van der Waals surface area contributed by atoms with E-state index in [1.165, 1.54) is 4.31 Å². The molecule has 3 nitrogen and oxygen atoms in total. The van der Waals surface area contributed by atoms with Crippen LogP contribution in [-0.4, -0.2) is 31.6 Å². The first kappa shape index (κ1) is 11.6. The van der Waals surface area contributed by atoms with Crippen LogP contribution in [0.5, 0.6) is 0 Å². The molecule has 0 amide bonds. The third kappa shape index (κ3) is 3.36. The maximum absolute atomic E-state index is 11.4. The van der Waals surface area contributed by atoms with E-state index in [9.17, 15) is 8.42 Å². The highest BCUT2D eigenvalue weighted by Gasteiger charge is 2.16. The van der Waals surface area contributed by atoms with Gasteiger partial charge >= 0.3 is 0 Å². The van der Waals surface area contributed by atoms with Crippen LogP contribution in [0.25, 0.3) is 0 Å². The molecule has 0 fully saturated rings. The van der Waals surface area contributed by atoms with Crippen molar-refractivity contribution in [2.45, 2.75) is 20.3 Å². The molecule has 0 rings (SSSR count). The smallest absolute Gasteiger partial charge is 0.212 e. The van der Waals surface area contributed by atoms with Gasteiger partial charge in [-0.25, -0.2) is 8.42 Å². The molecule has 0 aromatic heterocycles. The molecule has 0 saturated carbocycles. The van der Waals surface area contributed by atoms with Crippen molar-refractivity contribution in [3.63, 3.8) is 0 Å². The number of sulfonamides is 1. The van der Waals surface area contributed by atoms with Gasteiger partial charge in [0.1, 0.15) is 0 Å². The molecule has 0 unspecified atom stereocenters. The van der Waals surface area contributed by atoms with Gasteiger partial charge in [0, 0.05) is 13.1 Å². The van der Waals surface area contributed by atoms with Gasteiger partial charge in [0.15, 0.2) is 0 Å². The average Bonchev–Trinajstić information content (AvgIpc) is 2.04. The van der Waals surface area contributed by atoms with Crippen LogP contribution >= 0.6 is 0 Å². The SMILES string of the molecule is C=CCN(CCC)S(=O)(=O)CC. The lowest BCUT2D eigenvalue weighted by molar-refractivity contribution is 0.442. The maximum Gasteiger partial charge on any atom is 0.214 e. The summed E-state index contributed by atoms with van der Waals surface area (Å²) < 4.78 is 24.2. The second-order valence-electron chi connectivity index (χ2n) is 2.55. The van der Waals surface area contributed by atoms with Crippen molar-refractivity contribution < 1.29 is 8.42 Å². The Morgan fingerprint density at radius 2 is 2.00 bits per heavy atom. The molecule has 0 heterocycles. The van der Waals surface area contributed by atoms with Crippen molar-refractivity contribution in [1.82, 2.24) is 4.31 Å². The summed E-state index contributed by atoms with van der Waals surface area (Å²) in [4.78, 5) is 0. The molecule has 0 aromatic rings. The molecule has 0 aliphatic heterocycles. The summed E-state index contributed by atoms with van der Waals surface area (Å²) in [6.07, 6.45) is 2.45. The van der Waals surface area contributed by atoms with E-state index >= 15 is 0 Å². The monoisotopic (exact) mass is 191 g/mol. The van der Waals surface area contributed by atoms with E-state index < -0.39 is 10.0 Å². The molecule has 0 radical (unpaired) electrons. The second-order valence-corrected chi connectivity index (χ2v) is 4.80. The van der Waals surface area contributed by atoms with E-state index in [4.69, 9.17) is 0 Å².